The van der Waals surface area contributed by atoms with Gasteiger partial charge >= 0.3 is 5.97 Å². The van der Waals surface area contributed by atoms with E-state index in [2.05, 4.69) is 31.2 Å². The van der Waals surface area contributed by atoms with Crippen molar-refractivity contribution in [2.75, 3.05) is 13.2 Å². The summed E-state index contributed by atoms with van der Waals surface area (Å²) in [6.07, 6.45) is 1.54. The van der Waals surface area contributed by atoms with Crippen molar-refractivity contribution in [3.05, 3.63) is 95.0 Å². The van der Waals surface area contributed by atoms with Gasteiger partial charge < -0.3 is 14.6 Å². The van der Waals surface area contributed by atoms with E-state index >= 15 is 0 Å². The minimum absolute atomic E-state index is 0.328. The van der Waals surface area contributed by atoms with Crippen molar-refractivity contribution >= 4 is 23.1 Å². The van der Waals surface area contributed by atoms with Crippen molar-refractivity contribution in [1.29, 1.82) is 0 Å². The normalized spacial score (nSPS) is 12.4. The van der Waals surface area contributed by atoms with Crippen LogP contribution in [0.4, 0.5) is 0 Å². The first kappa shape index (κ1) is 23.6. The second-order valence-corrected chi connectivity index (χ2v) is 7.85. The fraction of sp³-hybridized carbons (Fsp3) is 0.222. The smallest absolute Gasteiger partial charge is 0.333 e. The summed E-state index contributed by atoms with van der Waals surface area (Å²) in [5.74, 6) is -0.215. The summed E-state index contributed by atoms with van der Waals surface area (Å²) < 4.78 is 11.1. The molecule has 0 radical (unpaired) electrons. The highest BCUT2D eigenvalue weighted by Gasteiger charge is 2.17. The van der Waals surface area contributed by atoms with Gasteiger partial charge in [0, 0.05) is 18.1 Å². The number of ether oxygens (including phenoxy) is 2. The van der Waals surface area contributed by atoms with Crippen LogP contribution in [0, 0.1) is 0 Å². The Balaban J connectivity index is 1.55. The lowest BCUT2D eigenvalue weighted by Gasteiger charge is -2.12. The maximum absolute atomic E-state index is 11.2. The Morgan fingerprint density at radius 1 is 0.969 bits per heavy atom. The van der Waals surface area contributed by atoms with Crippen molar-refractivity contribution in [3.8, 4) is 16.9 Å². The molecule has 0 fully saturated rings. The largest absolute Gasteiger partial charge is 0.490 e. The summed E-state index contributed by atoms with van der Waals surface area (Å²) in [6, 6.07) is 23.7. The van der Waals surface area contributed by atoms with E-state index in [9.17, 15) is 9.90 Å². The minimum Gasteiger partial charge on any atom is -0.490 e. The van der Waals surface area contributed by atoms with E-state index in [0.717, 1.165) is 38.6 Å². The molecule has 0 saturated carbocycles. The van der Waals surface area contributed by atoms with Crippen molar-refractivity contribution in [3.63, 3.8) is 0 Å². The van der Waals surface area contributed by atoms with E-state index < -0.39 is 12.1 Å². The van der Waals surface area contributed by atoms with E-state index in [1.165, 1.54) is 0 Å². The molecular weight excluding hydrogens is 424 g/mol. The van der Waals surface area contributed by atoms with Crippen molar-refractivity contribution < 1.29 is 19.4 Å². The quantitative estimate of drug-likeness (QED) is 0.382. The summed E-state index contributed by atoms with van der Waals surface area (Å²) in [7, 11) is 0. The number of allylic oxidation sites excluding steroid dienone is 1. The Morgan fingerprint density at radius 3 is 2.12 bits per heavy atom. The maximum atomic E-state index is 11.2. The summed E-state index contributed by atoms with van der Waals surface area (Å²) >= 11 is 5.96. The van der Waals surface area contributed by atoms with Gasteiger partial charge in [0.05, 0.1) is 0 Å². The third-order valence-electron chi connectivity index (χ3n) is 5.15. The summed E-state index contributed by atoms with van der Waals surface area (Å²) in [5, 5.41) is 9.93. The van der Waals surface area contributed by atoms with Crippen LogP contribution >= 0.6 is 11.6 Å². The van der Waals surface area contributed by atoms with E-state index in [-0.39, 0.29) is 0 Å². The van der Waals surface area contributed by atoms with Crippen LogP contribution in [-0.2, 0) is 16.0 Å². The number of carboxylic acids is 1. The molecule has 0 bridgehead atoms. The topological polar surface area (TPSA) is 55.8 Å². The fourth-order valence-corrected chi connectivity index (χ4v) is 3.43. The summed E-state index contributed by atoms with van der Waals surface area (Å²) in [6.45, 7) is 4.66. The molecule has 3 aromatic carbocycles. The molecule has 0 aliphatic heterocycles. The lowest BCUT2D eigenvalue weighted by Crippen LogP contribution is -2.26. The Labute approximate surface area is 194 Å². The molecule has 1 atom stereocenters. The van der Waals surface area contributed by atoms with Gasteiger partial charge in [0.15, 0.2) is 6.10 Å². The minimum atomic E-state index is -0.950. The molecule has 166 valence electrons. The van der Waals surface area contributed by atoms with Gasteiger partial charge in [-0.25, -0.2) is 4.79 Å². The third-order valence-corrected chi connectivity index (χ3v) is 5.40. The number of carbonyl (C=O) groups is 1. The van der Waals surface area contributed by atoms with E-state index in [1.807, 2.05) is 54.6 Å². The van der Waals surface area contributed by atoms with Crippen LogP contribution in [0.3, 0.4) is 0 Å². The highest BCUT2D eigenvalue weighted by atomic mass is 35.5. The zero-order valence-corrected chi connectivity index (χ0v) is 19.0. The fourth-order valence-electron chi connectivity index (χ4n) is 3.30. The van der Waals surface area contributed by atoms with Gasteiger partial charge in [0.25, 0.3) is 0 Å². The maximum Gasteiger partial charge on any atom is 0.333 e. The average molecular weight is 451 g/mol. The molecule has 3 aromatic rings. The Hall–Kier alpha value is -3.08. The molecule has 0 aliphatic carbocycles. The molecular formula is C27H27ClO4. The van der Waals surface area contributed by atoms with E-state index in [4.69, 9.17) is 21.1 Å². The van der Waals surface area contributed by atoms with Crippen molar-refractivity contribution in [1.82, 2.24) is 0 Å². The van der Waals surface area contributed by atoms with Crippen molar-refractivity contribution in [2.45, 2.75) is 26.4 Å². The molecule has 3 rings (SSSR count). The predicted octanol–water partition coefficient (Wildman–Crippen LogP) is 6.52. The van der Waals surface area contributed by atoms with Crippen LogP contribution in [0.5, 0.6) is 5.75 Å². The highest BCUT2D eigenvalue weighted by molar-refractivity contribution is 6.30. The van der Waals surface area contributed by atoms with E-state index in [0.29, 0.717) is 19.6 Å². The summed E-state index contributed by atoms with van der Waals surface area (Å²) in [5.41, 5.74) is 5.43. The molecule has 4 nitrogen and oxygen atoms in total. The number of benzene rings is 3. The van der Waals surface area contributed by atoms with Crippen LogP contribution in [0.25, 0.3) is 16.7 Å². The second-order valence-electron chi connectivity index (χ2n) is 7.41. The third kappa shape index (κ3) is 6.71. The first-order valence-electron chi connectivity index (χ1n) is 10.6. The van der Waals surface area contributed by atoms with Crippen molar-refractivity contribution in [2.24, 2.45) is 0 Å². The first-order valence-corrected chi connectivity index (χ1v) is 10.9. The van der Waals surface area contributed by atoms with Crippen LogP contribution < -0.4 is 4.74 Å². The van der Waals surface area contributed by atoms with Gasteiger partial charge in [-0.2, -0.15) is 0 Å². The molecule has 0 heterocycles. The predicted molar refractivity (Wildman–Crippen MR) is 129 cm³/mol. The Morgan fingerprint density at radius 2 is 1.56 bits per heavy atom. The SMILES string of the molecule is CCOC(Cc1ccc(OC/C=C(/C)c2ccc(-c3ccc(Cl)cc3)cc2)cc1)C(=O)O. The van der Waals surface area contributed by atoms with Crippen LogP contribution in [0.1, 0.15) is 25.0 Å². The van der Waals surface area contributed by atoms with Gasteiger partial charge in [-0.05, 0) is 72.0 Å². The van der Waals surface area contributed by atoms with Crippen LogP contribution in [0.15, 0.2) is 78.9 Å². The lowest BCUT2D eigenvalue weighted by atomic mass is 10.0. The zero-order chi connectivity index (χ0) is 22.9. The Kier molecular flexibility index (Phi) is 8.48. The lowest BCUT2D eigenvalue weighted by molar-refractivity contribution is -0.149. The van der Waals surface area contributed by atoms with E-state index in [1.54, 1.807) is 6.92 Å². The standard InChI is InChI=1S/C27H27ClO4/c1-3-31-26(27(29)30)18-20-4-14-25(15-5-20)32-17-16-19(2)21-6-8-22(9-7-21)23-10-12-24(28)13-11-23/h4-16,26H,3,17-18H2,1-2H3,(H,29,30)/b19-16-. The molecule has 1 unspecified atom stereocenters. The molecule has 0 amide bonds. The van der Waals surface area contributed by atoms with Crippen LogP contribution in [0.2, 0.25) is 5.02 Å². The van der Waals surface area contributed by atoms with Gasteiger partial charge in [0.2, 0.25) is 0 Å². The van der Waals surface area contributed by atoms with Gasteiger partial charge in [-0.15, -0.1) is 0 Å². The van der Waals surface area contributed by atoms with Gasteiger partial charge in [0.1, 0.15) is 12.4 Å². The first-order chi connectivity index (χ1) is 15.5. The molecule has 0 saturated heterocycles. The number of rotatable bonds is 10. The molecule has 0 aliphatic rings. The number of carboxylic acid groups (broad SMARTS) is 1. The number of aliphatic carboxylic acids is 1. The number of hydrogen-bond acceptors (Lipinski definition) is 3. The molecule has 32 heavy (non-hydrogen) atoms. The highest BCUT2D eigenvalue weighted by Crippen LogP contribution is 2.24. The average Bonchev–Trinajstić information content (AvgIpc) is 2.80. The van der Waals surface area contributed by atoms with Gasteiger partial charge in [-0.1, -0.05) is 60.1 Å². The molecule has 0 aromatic heterocycles. The Bertz CT molecular complexity index is 1040. The zero-order valence-electron chi connectivity index (χ0n) is 18.3. The summed E-state index contributed by atoms with van der Waals surface area (Å²) in [4.78, 5) is 11.2. The van der Waals surface area contributed by atoms with Gasteiger partial charge in [-0.3, -0.25) is 0 Å². The van der Waals surface area contributed by atoms with Crippen LogP contribution in [-0.4, -0.2) is 30.4 Å². The molecule has 5 heteroatoms. The monoisotopic (exact) mass is 450 g/mol. The molecule has 1 N–H and O–H groups in total. The number of hydrogen-bond donors (Lipinski definition) is 1. The molecule has 0 spiro atoms. The second kappa shape index (κ2) is 11.5. The number of halogens is 1.